The second-order valence-electron chi connectivity index (χ2n) is 5.91. The number of aliphatic hydroxyl groups excluding tert-OH is 1. The Labute approximate surface area is 152 Å². The van der Waals surface area contributed by atoms with Gasteiger partial charge in [-0.25, -0.2) is 4.98 Å². The van der Waals surface area contributed by atoms with E-state index in [-0.39, 0.29) is 5.95 Å². The van der Waals surface area contributed by atoms with E-state index >= 15 is 0 Å². The molecule has 0 saturated heterocycles. The van der Waals surface area contributed by atoms with Gasteiger partial charge in [-0.1, -0.05) is 6.85 Å². The summed E-state index contributed by atoms with van der Waals surface area (Å²) in [5.41, 5.74) is 4.19. The molecule has 7 nitrogen and oxygen atoms in total. The molecule has 0 aromatic carbocycles. The number of nitrogens with zero attached hydrogens (tertiary/aromatic N) is 2. The Morgan fingerprint density at radius 2 is 2.30 bits per heavy atom. The van der Waals surface area contributed by atoms with Crippen molar-refractivity contribution in [1.82, 2.24) is 9.97 Å². The van der Waals surface area contributed by atoms with Crippen LogP contribution in [0.4, 0.5) is 11.8 Å². The summed E-state index contributed by atoms with van der Waals surface area (Å²) in [6.45, 7) is 1.53. The van der Waals surface area contributed by atoms with Crippen molar-refractivity contribution in [3.63, 3.8) is 0 Å². The molecule has 1 amide bonds. The first kappa shape index (κ1) is 7.79. The molecule has 2 rings (SSSR count). The van der Waals surface area contributed by atoms with Gasteiger partial charge in [0.1, 0.15) is 5.82 Å². The number of primary amides is 1. The first-order valence-electron chi connectivity index (χ1n) is 12.3. The van der Waals surface area contributed by atoms with Gasteiger partial charge < -0.3 is 21.5 Å². The number of hydrogen-bond acceptors (Lipinski definition) is 6. The minimum absolute atomic E-state index is 0.138. The van der Waals surface area contributed by atoms with Crippen LogP contribution in [-0.4, -0.2) is 38.6 Å². The van der Waals surface area contributed by atoms with Crippen LogP contribution >= 0.6 is 0 Å². The maximum Gasteiger partial charge on any atom is 0.254 e. The molecule has 5 N–H and O–H groups in total. The van der Waals surface area contributed by atoms with Crippen molar-refractivity contribution in [2.24, 2.45) is 11.6 Å². The van der Waals surface area contributed by atoms with E-state index in [1.165, 1.54) is 0 Å². The minimum atomic E-state index is -3.81. The predicted octanol–water partition coefficient (Wildman–Crippen LogP) is 1.75. The highest BCUT2D eigenvalue weighted by Gasteiger charge is 2.27. The van der Waals surface area contributed by atoms with Crippen LogP contribution in [0.1, 0.15) is 72.2 Å². The number of anilines is 2. The zero-order chi connectivity index (χ0) is 26.9. The topological polar surface area (TPSA) is 113 Å². The standard InChI is InChI=1S/C16H27N5O2/c1-9-5-6-10(7-12(9)22)19-14-11(13(17)23)8-18-15(20-14)21-16(2,3)4/h8-10,12,22H,5-7H2,1-4H3,(H2,17,23)(H2,18,19,20,21)/i1D3,5D2,6D2,7D2,9D,10D. The van der Waals surface area contributed by atoms with Crippen LogP contribution in [0, 0.1) is 5.89 Å². The SMILES string of the molecule is [2H]C([2H])([2H])C1([2H])C(O)C([2H])([2H])C([2H])(Nc2nc(NC(C)(C)C)ncc2C(N)=O)C([2H])([2H])C1([2H])[2H]. The number of aliphatic hydroxyl groups is 1. The smallest absolute Gasteiger partial charge is 0.254 e. The summed E-state index contributed by atoms with van der Waals surface area (Å²) in [6, 6.07) is -3.50. The lowest BCUT2D eigenvalue weighted by Crippen LogP contribution is -2.36. The Kier molecular flexibility index (Phi) is 2.27. The fraction of sp³-hybridized carbons (Fsp3) is 0.688. The molecule has 1 aliphatic rings. The van der Waals surface area contributed by atoms with E-state index in [0.717, 1.165) is 6.20 Å². The fourth-order valence-corrected chi connectivity index (χ4v) is 1.68. The highest BCUT2D eigenvalue weighted by Crippen LogP contribution is 2.27. The van der Waals surface area contributed by atoms with Crippen LogP contribution in [0.15, 0.2) is 6.20 Å². The predicted molar refractivity (Wildman–Crippen MR) is 90.4 cm³/mol. The third-order valence-corrected chi connectivity index (χ3v) is 2.66. The van der Waals surface area contributed by atoms with Crippen molar-refractivity contribution in [2.45, 2.75) is 64.4 Å². The number of hydrogen-bond donors (Lipinski definition) is 4. The van der Waals surface area contributed by atoms with Gasteiger partial charge in [0.25, 0.3) is 5.91 Å². The molecule has 7 heteroatoms. The molecule has 3 unspecified atom stereocenters. The van der Waals surface area contributed by atoms with E-state index in [2.05, 4.69) is 15.3 Å². The second kappa shape index (κ2) is 6.70. The average molecular weight is 332 g/mol. The second-order valence-corrected chi connectivity index (χ2v) is 5.91. The summed E-state index contributed by atoms with van der Waals surface area (Å²) in [4.78, 5) is 19.8. The molecule has 3 atom stereocenters. The van der Waals surface area contributed by atoms with E-state index in [9.17, 15) is 9.90 Å². The van der Waals surface area contributed by atoms with Gasteiger partial charge in [-0.2, -0.15) is 4.98 Å². The van der Waals surface area contributed by atoms with Crippen molar-refractivity contribution < 1.29 is 25.0 Å². The Balaban J connectivity index is 2.79. The summed E-state index contributed by atoms with van der Waals surface area (Å²) in [5, 5.41) is 15.5. The van der Waals surface area contributed by atoms with Gasteiger partial charge in [-0.05, 0) is 45.8 Å². The molecule has 1 aliphatic carbocycles. The van der Waals surface area contributed by atoms with Gasteiger partial charge in [0.2, 0.25) is 5.95 Å². The van der Waals surface area contributed by atoms with Crippen LogP contribution in [0.5, 0.6) is 0 Å². The number of carbonyl (C=O) groups excluding carboxylic acids is 1. The Morgan fingerprint density at radius 1 is 1.57 bits per heavy atom. The van der Waals surface area contributed by atoms with Gasteiger partial charge >= 0.3 is 0 Å². The number of amides is 1. The minimum Gasteiger partial charge on any atom is -0.393 e. The lowest BCUT2D eigenvalue weighted by atomic mass is 9.85. The molecule has 1 heterocycles. The van der Waals surface area contributed by atoms with E-state index in [1.54, 1.807) is 20.8 Å². The first-order chi connectivity index (χ1) is 14.9. The summed E-state index contributed by atoms with van der Waals surface area (Å²) < 4.78 is 89.2. The van der Waals surface area contributed by atoms with Crippen LogP contribution < -0.4 is 16.4 Å². The van der Waals surface area contributed by atoms with E-state index < -0.39 is 66.8 Å². The number of aromatic nitrogens is 2. The Hall–Kier alpha value is -1.89. The van der Waals surface area contributed by atoms with Crippen molar-refractivity contribution in [1.29, 1.82) is 0 Å². The molecule has 128 valence electrons. The van der Waals surface area contributed by atoms with Crippen LogP contribution in [-0.2, 0) is 0 Å². The highest BCUT2D eigenvalue weighted by molar-refractivity contribution is 5.97. The molecule has 0 spiro atoms. The zero-order valence-electron chi connectivity index (χ0n) is 24.0. The van der Waals surface area contributed by atoms with Crippen LogP contribution in [0.2, 0.25) is 0 Å². The van der Waals surface area contributed by atoms with Gasteiger partial charge in [-0.15, -0.1) is 0 Å². The third-order valence-electron chi connectivity index (χ3n) is 2.66. The summed E-state index contributed by atoms with van der Waals surface area (Å²) in [6.07, 6.45) is -13.3. The van der Waals surface area contributed by atoms with Gasteiger partial charge in [0.05, 0.1) is 13.0 Å². The molecule has 1 fully saturated rings. The van der Waals surface area contributed by atoms with Crippen molar-refractivity contribution in [3.05, 3.63) is 11.8 Å². The fourth-order valence-electron chi connectivity index (χ4n) is 1.68. The molecular formula is C16H27N5O2. The van der Waals surface area contributed by atoms with E-state index in [4.69, 9.17) is 20.8 Å². The number of nitrogens with one attached hydrogen (secondary N) is 2. The van der Waals surface area contributed by atoms with Crippen molar-refractivity contribution in [3.8, 4) is 0 Å². The maximum absolute atomic E-state index is 11.9. The lowest BCUT2D eigenvalue weighted by molar-refractivity contribution is 0.0739. The zero-order valence-corrected chi connectivity index (χ0v) is 13.0. The monoisotopic (exact) mass is 332 g/mol. The largest absolute Gasteiger partial charge is 0.393 e. The van der Waals surface area contributed by atoms with Gasteiger partial charge in [-0.3, -0.25) is 4.79 Å². The maximum atomic E-state index is 11.9. The van der Waals surface area contributed by atoms with Gasteiger partial charge in [0, 0.05) is 31.5 Å². The highest BCUT2D eigenvalue weighted by atomic mass is 16.3. The lowest BCUT2D eigenvalue weighted by Gasteiger charge is -2.32. The quantitative estimate of drug-likeness (QED) is 0.668. The molecule has 1 saturated carbocycles. The van der Waals surface area contributed by atoms with Crippen molar-refractivity contribution >= 4 is 17.7 Å². The number of carbonyl (C=O) groups is 1. The third kappa shape index (κ3) is 4.79. The average Bonchev–Trinajstić information content (AvgIpc) is 2.62. The number of rotatable bonds is 4. The van der Waals surface area contributed by atoms with Crippen LogP contribution in [0.3, 0.4) is 0 Å². The van der Waals surface area contributed by atoms with E-state index in [1.807, 2.05) is 5.32 Å². The molecule has 0 radical (unpaired) electrons. The Bertz CT molecular complexity index is 981. The Morgan fingerprint density at radius 3 is 2.91 bits per heavy atom. The van der Waals surface area contributed by atoms with Crippen LogP contribution in [0.25, 0.3) is 0 Å². The molecular weight excluding hydrogens is 294 g/mol. The normalized spacial score (nSPS) is 45.6. The molecule has 0 bridgehead atoms. The summed E-state index contributed by atoms with van der Waals surface area (Å²) >= 11 is 0. The summed E-state index contributed by atoms with van der Waals surface area (Å²) in [5.74, 6) is -5.64. The molecule has 0 aliphatic heterocycles. The first-order valence-corrected chi connectivity index (χ1v) is 6.80. The summed E-state index contributed by atoms with van der Waals surface area (Å²) in [7, 11) is 0. The van der Waals surface area contributed by atoms with E-state index in [0.29, 0.717) is 0 Å². The molecule has 1 aromatic heterocycles. The van der Waals surface area contributed by atoms with Gasteiger partial charge in [0.15, 0.2) is 0 Å². The molecule has 23 heavy (non-hydrogen) atoms. The van der Waals surface area contributed by atoms with Crippen molar-refractivity contribution in [2.75, 3.05) is 10.6 Å². The molecule has 1 aromatic rings. The number of nitrogens with two attached hydrogens (primary N) is 1.